The Morgan fingerprint density at radius 3 is 2.38 bits per heavy atom. The van der Waals surface area contributed by atoms with E-state index in [1.54, 1.807) is 55.7 Å². The van der Waals surface area contributed by atoms with Crippen LogP contribution in [-0.2, 0) is 4.79 Å². The molecule has 0 saturated carbocycles. The minimum Gasteiger partial charge on any atom is -0.493 e. The number of rotatable bonds is 7. The van der Waals surface area contributed by atoms with E-state index in [0.717, 1.165) is 5.56 Å². The van der Waals surface area contributed by atoms with Crippen molar-refractivity contribution < 1.29 is 27.9 Å². The standard InChI is InChI=1S/C26H21FN2O5/c1-32-21-13-7-16(15-22(21)33-2)8-14-23(30)29-24-19-5-3-4-6-20(19)34-25(24)26(31)28-18-11-9-17(27)10-12-18/h3-15H,1-2H3,(H,28,31)(H,29,30). The van der Waals surface area contributed by atoms with Gasteiger partial charge in [-0.05, 0) is 60.2 Å². The molecule has 0 aliphatic carbocycles. The molecule has 1 heterocycles. The molecule has 2 amide bonds. The number of anilines is 2. The van der Waals surface area contributed by atoms with Gasteiger partial charge in [0.1, 0.15) is 17.1 Å². The van der Waals surface area contributed by atoms with Gasteiger partial charge in [0.15, 0.2) is 11.5 Å². The Morgan fingerprint density at radius 2 is 1.65 bits per heavy atom. The molecule has 2 N–H and O–H groups in total. The predicted molar refractivity (Wildman–Crippen MR) is 128 cm³/mol. The Morgan fingerprint density at radius 1 is 0.912 bits per heavy atom. The molecule has 0 bridgehead atoms. The van der Waals surface area contributed by atoms with E-state index < -0.39 is 17.6 Å². The highest BCUT2D eigenvalue weighted by atomic mass is 19.1. The lowest BCUT2D eigenvalue weighted by Crippen LogP contribution is -2.15. The van der Waals surface area contributed by atoms with Crippen molar-refractivity contribution in [2.75, 3.05) is 24.9 Å². The summed E-state index contributed by atoms with van der Waals surface area (Å²) in [6.07, 6.45) is 2.95. The van der Waals surface area contributed by atoms with Gasteiger partial charge >= 0.3 is 0 Å². The van der Waals surface area contributed by atoms with Crippen LogP contribution in [0.2, 0.25) is 0 Å². The fourth-order valence-corrected chi connectivity index (χ4v) is 3.34. The maximum absolute atomic E-state index is 13.2. The predicted octanol–water partition coefficient (Wildman–Crippen LogP) is 5.49. The van der Waals surface area contributed by atoms with Crippen LogP contribution in [0.4, 0.5) is 15.8 Å². The molecule has 1 aromatic heterocycles. The van der Waals surface area contributed by atoms with Crippen LogP contribution in [0.1, 0.15) is 16.1 Å². The summed E-state index contributed by atoms with van der Waals surface area (Å²) >= 11 is 0. The summed E-state index contributed by atoms with van der Waals surface area (Å²) in [6, 6.07) is 17.5. The molecule has 4 aromatic rings. The van der Waals surface area contributed by atoms with Crippen LogP contribution in [0.3, 0.4) is 0 Å². The highest BCUT2D eigenvalue weighted by Gasteiger charge is 2.22. The molecule has 0 unspecified atom stereocenters. The van der Waals surface area contributed by atoms with Crippen molar-refractivity contribution >= 4 is 40.2 Å². The summed E-state index contributed by atoms with van der Waals surface area (Å²) < 4.78 is 29.4. The van der Waals surface area contributed by atoms with E-state index in [9.17, 15) is 14.0 Å². The summed E-state index contributed by atoms with van der Waals surface area (Å²) in [5.74, 6) is -0.426. The van der Waals surface area contributed by atoms with Crippen molar-refractivity contribution in [3.05, 3.63) is 89.9 Å². The molecule has 0 spiro atoms. The first-order valence-corrected chi connectivity index (χ1v) is 10.3. The van der Waals surface area contributed by atoms with Gasteiger partial charge in [-0.25, -0.2) is 4.39 Å². The van der Waals surface area contributed by atoms with E-state index in [1.165, 1.54) is 37.5 Å². The zero-order valence-corrected chi connectivity index (χ0v) is 18.4. The van der Waals surface area contributed by atoms with Crippen LogP contribution >= 0.6 is 0 Å². The first kappa shape index (κ1) is 22.6. The number of amides is 2. The average molecular weight is 460 g/mol. The molecule has 0 fully saturated rings. The van der Waals surface area contributed by atoms with E-state index in [4.69, 9.17) is 13.9 Å². The number of para-hydroxylation sites is 1. The summed E-state index contributed by atoms with van der Waals surface area (Å²) in [5.41, 5.74) is 1.78. The minimum absolute atomic E-state index is 0.0709. The minimum atomic E-state index is -0.582. The number of furan rings is 1. The third-order valence-corrected chi connectivity index (χ3v) is 4.99. The van der Waals surface area contributed by atoms with Gasteiger partial charge in [0.2, 0.25) is 11.7 Å². The smallest absolute Gasteiger partial charge is 0.293 e. The maximum Gasteiger partial charge on any atom is 0.293 e. The van der Waals surface area contributed by atoms with E-state index in [-0.39, 0.29) is 11.4 Å². The summed E-state index contributed by atoms with van der Waals surface area (Å²) in [7, 11) is 3.07. The molecule has 3 aromatic carbocycles. The van der Waals surface area contributed by atoms with Crippen molar-refractivity contribution in [2.45, 2.75) is 0 Å². The number of hydrogen-bond donors (Lipinski definition) is 2. The zero-order chi connectivity index (χ0) is 24.1. The van der Waals surface area contributed by atoms with Gasteiger partial charge in [0.05, 0.1) is 14.2 Å². The molecular weight excluding hydrogens is 439 g/mol. The van der Waals surface area contributed by atoms with Gasteiger partial charge in [-0.1, -0.05) is 18.2 Å². The van der Waals surface area contributed by atoms with Gasteiger partial charge in [0.25, 0.3) is 5.91 Å². The third-order valence-electron chi connectivity index (χ3n) is 4.99. The normalized spacial score (nSPS) is 10.9. The number of carbonyl (C=O) groups is 2. The Hall–Kier alpha value is -4.59. The van der Waals surface area contributed by atoms with Crippen molar-refractivity contribution in [1.29, 1.82) is 0 Å². The van der Waals surface area contributed by atoms with Crippen LogP contribution in [0.25, 0.3) is 17.0 Å². The molecule has 172 valence electrons. The largest absolute Gasteiger partial charge is 0.493 e. The van der Waals surface area contributed by atoms with Crippen LogP contribution in [0.5, 0.6) is 11.5 Å². The number of halogens is 1. The SMILES string of the molecule is COc1ccc(C=CC(=O)Nc2c(C(=O)Nc3ccc(F)cc3)oc3ccccc23)cc1OC. The number of ether oxygens (including phenoxy) is 2. The second kappa shape index (κ2) is 9.91. The van der Waals surface area contributed by atoms with Crippen molar-refractivity contribution in [3.8, 4) is 11.5 Å². The fourth-order valence-electron chi connectivity index (χ4n) is 3.34. The van der Waals surface area contributed by atoms with E-state index in [2.05, 4.69) is 10.6 Å². The molecular formula is C26H21FN2O5. The lowest BCUT2D eigenvalue weighted by molar-refractivity contribution is -0.111. The summed E-state index contributed by atoms with van der Waals surface area (Å²) in [6.45, 7) is 0. The molecule has 0 aliphatic heterocycles. The monoisotopic (exact) mass is 460 g/mol. The lowest BCUT2D eigenvalue weighted by Gasteiger charge is -2.08. The second-order valence-corrected chi connectivity index (χ2v) is 7.20. The van der Waals surface area contributed by atoms with Crippen LogP contribution in [-0.4, -0.2) is 26.0 Å². The second-order valence-electron chi connectivity index (χ2n) is 7.20. The van der Waals surface area contributed by atoms with Crippen LogP contribution in [0.15, 0.2) is 77.2 Å². The van der Waals surface area contributed by atoms with Crippen molar-refractivity contribution in [2.24, 2.45) is 0 Å². The van der Waals surface area contributed by atoms with E-state index in [0.29, 0.717) is 28.2 Å². The first-order chi connectivity index (χ1) is 16.5. The molecule has 34 heavy (non-hydrogen) atoms. The maximum atomic E-state index is 13.2. The molecule has 0 radical (unpaired) electrons. The van der Waals surface area contributed by atoms with Crippen LogP contribution in [0, 0.1) is 5.82 Å². The molecule has 7 nitrogen and oxygen atoms in total. The molecule has 0 atom stereocenters. The van der Waals surface area contributed by atoms with E-state index in [1.807, 2.05) is 0 Å². The number of carbonyl (C=O) groups excluding carboxylic acids is 2. The summed E-state index contributed by atoms with van der Waals surface area (Å²) in [4.78, 5) is 25.6. The Bertz CT molecular complexity index is 1380. The topological polar surface area (TPSA) is 89.8 Å². The van der Waals surface area contributed by atoms with Gasteiger partial charge in [-0.2, -0.15) is 0 Å². The number of nitrogens with one attached hydrogen (secondary N) is 2. The lowest BCUT2D eigenvalue weighted by atomic mass is 10.1. The van der Waals surface area contributed by atoms with Gasteiger partial charge in [-0.15, -0.1) is 0 Å². The van der Waals surface area contributed by atoms with Crippen LogP contribution < -0.4 is 20.1 Å². The number of methoxy groups -OCH3 is 2. The third kappa shape index (κ3) is 4.91. The highest BCUT2D eigenvalue weighted by Crippen LogP contribution is 2.32. The zero-order valence-electron chi connectivity index (χ0n) is 18.4. The highest BCUT2D eigenvalue weighted by molar-refractivity contribution is 6.16. The molecule has 0 saturated heterocycles. The van der Waals surface area contributed by atoms with Gasteiger partial charge < -0.3 is 24.5 Å². The quantitative estimate of drug-likeness (QED) is 0.356. The first-order valence-electron chi connectivity index (χ1n) is 10.3. The Balaban J connectivity index is 1.58. The van der Waals surface area contributed by atoms with E-state index >= 15 is 0 Å². The number of fused-ring (bicyclic) bond motifs is 1. The molecule has 4 rings (SSSR count). The molecule has 8 heteroatoms. The number of benzene rings is 3. The summed E-state index contributed by atoms with van der Waals surface area (Å²) in [5, 5.41) is 5.95. The van der Waals surface area contributed by atoms with Crippen molar-refractivity contribution in [1.82, 2.24) is 0 Å². The Kier molecular flexibility index (Phi) is 6.59. The average Bonchev–Trinajstić information content (AvgIpc) is 3.22. The van der Waals surface area contributed by atoms with Gasteiger partial charge in [-0.3, -0.25) is 9.59 Å². The van der Waals surface area contributed by atoms with Crippen molar-refractivity contribution in [3.63, 3.8) is 0 Å². The number of hydrogen-bond acceptors (Lipinski definition) is 5. The Labute approximate surface area is 194 Å². The fraction of sp³-hybridized carbons (Fsp3) is 0.0769. The van der Waals surface area contributed by atoms with Gasteiger partial charge in [0, 0.05) is 17.1 Å². The molecule has 0 aliphatic rings.